The molecule has 0 spiro atoms. The van der Waals surface area contributed by atoms with E-state index in [0.717, 1.165) is 51.6 Å². The molecule has 1 aliphatic heterocycles. The summed E-state index contributed by atoms with van der Waals surface area (Å²) >= 11 is 0. The van der Waals surface area contributed by atoms with Crippen LogP contribution in [0, 0.1) is 0 Å². The van der Waals surface area contributed by atoms with Crippen molar-refractivity contribution in [1.82, 2.24) is 15.1 Å². The molecule has 5 heteroatoms. The number of guanidine groups is 1. The normalized spacial score (nSPS) is 19.9. The first-order chi connectivity index (χ1) is 10.7. The Hall–Kier alpha value is -1.52. The van der Waals surface area contributed by atoms with Gasteiger partial charge in [-0.25, -0.2) is 0 Å². The highest BCUT2D eigenvalue weighted by atomic mass is 16.2. The molecule has 1 aliphatic carbocycles. The first kappa shape index (κ1) is 16.8. The molecule has 0 aromatic heterocycles. The van der Waals surface area contributed by atoms with E-state index in [1.807, 2.05) is 4.90 Å². The smallest absolute Gasteiger partial charge is 0.219 e. The minimum absolute atomic E-state index is 0.172. The lowest BCUT2D eigenvalue weighted by molar-refractivity contribution is -0.130. The number of carbonyl (C=O) groups excluding carboxylic acids is 1. The summed E-state index contributed by atoms with van der Waals surface area (Å²) in [4.78, 5) is 20.4. The number of piperazine rings is 1. The Morgan fingerprint density at radius 3 is 2.55 bits per heavy atom. The monoisotopic (exact) mass is 306 g/mol. The fourth-order valence-corrected chi connectivity index (χ4v) is 3.10. The van der Waals surface area contributed by atoms with Gasteiger partial charge in [-0.3, -0.25) is 9.79 Å². The zero-order valence-corrected chi connectivity index (χ0v) is 14.1. The zero-order chi connectivity index (χ0) is 15.8. The highest BCUT2D eigenvalue weighted by Gasteiger charge is 2.20. The van der Waals surface area contributed by atoms with Gasteiger partial charge in [0.25, 0.3) is 0 Å². The van der Waals surface area contributed by atoms with Crippen LogP contribution in [0.1, 0.15) is 46.0 Å². The summed E-state index contributed by atoms with van der Waals surface area (Å²) < 4.78 is 0. The van der Waals surface area contributed by atoms with Crippen molar-refractivity contribution >= 4 is 11.9 Å². The molecule has 0 radical (unpaired) electrons. The van der Waals surface area contributed by atoms with E-state index < -0.39 is 0 Å². The van der Waals surface area contributed by atoms with Gasteiger partial charge in [0.05, 0.1) is 0 Å². The second kappa shape index (κ2) is 8.81. The first-order valence-electron chi connectivity index (χ1n) is 8.67. The van der Waals surface area contributed by atoms with Gasteiger partial charge < -0.3 is 15.1 Å². The van der Waals surface area contributed by atoms with Crippen molar-refractivity contribution in [3.05, 3.63) is 11.6 Å². The van der Waals surface area contributed by atoms with E-state index in [0.29, 0.717) is 0 Å². The quantitative estimate of drug-likeness (QED) is 0.491. The summed E-state index contributed by atoms with van der Waals surface area (Å²) in [5.74, 6) is 1.17. The van der Waals surface area contributed by atoms with Crippen LogP contribution in [-0.2, 0) is 4.79 Å². The van der Waals surface area contributed by atoms with E-state index in [2.05, 4.69) is 23.2 Å². The Bertz CT molecular complexity index is 422. The number of hydrogen-bond donors (Lipinski definition) is 1. The molecule has 0 aromatic rings. The van der Waals surface area contributed by atoms with Gasteiger partial charge in [0.1, 0.15) is 0 Å². The minimum Gasteiger partial charge on any atom is -0.357 e. The maximum Gasteiger partial charge on any atom is 0.219 e. The summed E-state index contributed by atoms with van der Waals surface area (Å²) in [5, 5.41) is 3.39. The highest BCUT2D eigenvalue weighted by Crippen LogP contribution is 2.19. The van der Waals surface area contributed by atoms with E-state index in [-0.39, 0.29) is 5.91 Å². The number of nitrogens with one attached hydrogen (secondary N) is 1. The van der Waals surface area contributed by atoms with Crippen LogP contribution in [0.15, 0.2) is 16.6 Å². The number of amides is 1. The van der Waals surface area contributed by atoms with Crippen LogP contribution in [0.4, 0.5) is 0 Å². The molecular formula is C17H30N4O. The van der Waals surface area contributed by atoms with Gasteiger partial charge in [0.2, 0.25) is 5.91 Å². The highest BCUT2D eigenvalue weighted by molar-refractivity contribution is 5.80. The Morgan fingerprint density at radius 2 is 1.95 bits per heavy atom. The van der Waals surface area contributed by atoms with Crippen LogP contribution in [0.25, 0.3) is 0 Å². The third-order valence-electron chi connectivity index (χ3n) is 4.44. The fourth-order valence-electron chi connectivity index (χ4n) is 3.10. The van der Waals surface area contributed by atoms with Crippen LogP contribution < -0.4 is 5.32 Å². The molecule has 2 rings (SSSR count). The predicted molar refractivity (Wildman–Crippen MR) is 91.0 cm³/mol. The number of hydrogen-bond acceptors (Lipinski definition) is 2. The van der Waals surface area contributed by atoms with E-state index in [1.165, 1.54) is 25.7 Å². The van der Waals surface area contributed by atoms with Crippen LogP contribution in [0.5, 0.6) is 0 Å². The molecule has 1 fully saturated rings. The summed E-state index contributed by atoms with van der Waals surface area (Å²) in [5.41, 5.74) is 1.58. The Balaban J connectivity index is 1.84. The zero-order valence-electron chi connectivity index (χ0n) is 14.1. The molecule has 0 bridgehead atoms. The van der Waals surface area contributed by atoms with Crippen LogP contribution in [0.3, 0.4) is 0 Å². The second-order valence-corrected chi connectivity index (χ2v) is 6.09. The lowest BCUT2D eigenvalue weighted by atomic mass is 9.97. The van der Waals surface area contributed by atoms with E-state index >= 15 is 0 Å². The van der Waals surface area contributed by atoms with Gasteiger partial charge >= 0.3 is 0 Å². The van der Waals surface area contributed by atoms with Gasteiger partial charge in [-0.15, -0.1) is 0 Å². The largest absolute Gasteiger partial charge is 0.357 e. The number of allylic oxidation sites excluding steroid dienone is 1. The van der Waals surface area contributed by atoms with Crippen molar-refractivity contribution in [3.63, 3.8) is 0 Å². The molecule has 22 heavy (non-hydrogen) atoms. The van der Waals surface area contributed by atoms with Crippen LogP contribution in [0.2, 0.25) is 0 Å². The SMILES string of the molecule is CCNC(=NCCC1=CCCCC1)N1CCN(C(C)=O)CC1. The third-order valence-corrected chi connectivity index (χ3v) is 4.44. The van der Waals surface area contributed by atoms with Crippen molar-refractivity contribution in [2.24, 2.45) is 4.99 Å². The molecule has 124 valence electrons. The molecule has 0 unspecified atom stereocenters. The number of nitrogens with zero attached hydrogens (tertiary/aromatic N) is 3. The van der Waals surface area contributed by atoms with Crippen molar-refractivity contribution in [2.45, 2.75) is 46.0 Å². The summed E-state index contributed by atoms with van der Waals surface area (Å²) in [6, 6.07) is 0. The fraction of sp³-hybridized carbons (Fsp3) is 0.765. The van der Waals surface area contributed by atoms with Gasteiger partial charge in [0.15, 0.2) is 5.96 Å². The maximum absolute atomic E-state index is 11.4. The van der Waals surface area contributed by atoms with Crippen LogP contribution >= 0.6 is 0 Å². The first-order valence-corrected chi connectivity index (χ1v) is 8.67. The van der Waals surface area contributed by atoms with Crippen molar-refractivity contribution in [1.29, 1.82) is 0 Å². The molecule has 1 saturated heterocycles. The Labute approximate surface area is 134 Å². The van der Waals surface area contributed by atoms with Gasteiger partial charge in [0, 0.05) is 46.2 Å². The number of rotatable bonds is 4. The van der Waals surface area contributed by atoms with Crippen molar-refractivity contribution in [2.75, 3.05) is 39.3 Å². The minimum atomic E-state index is 0.172. The Kier molecular flexibility index (Phi) is 6.74. The molecule has 0 atom stereocenters. The summed E-state index contributed by atoms with van der Waals surface area (Å²) in [7, 11) is 0. The number of aliphatic imine (C=N–C) groups is 1. The van der Waals surface area contributed by atoms with Gasteiger partial charge in [-0.2, -0.15) is 0 Å². The van der Waals surface area contributed by atoms with E-state index in [4.69, 9.17) is 4.99 Å². The van der Waals surface area contributed by atoms with E-state index in [9.17, 15) is 4.79 Å². The summed E-state index contributed by atoms with van der Waals surface area (Å²) in [6.07, 6.45) is 8.66. The van der Waals surface area contributed by atoms with E-state index in [1.54, 1.807) is 12.5 Å². The summed E-state index contributed by atoms with van der Waals surface area (Å²) in [6.45, 7) is 8.82. The average molecular weight is 306 g/mol. The predicted octanol–water partition coefficient (Wildman–Crippen LogP) is 2.01. The molecule has 0 saturated carbocycles. The molecule has 1 N–H and O–H groups in total. The molecular weight excluding hydrogens is 276 g/mol. The third kappa shape index (κ3) is 5.04. The molecule has 1 heterocycles. The van der Waals surface area contributed by atoms with Crippen molar-refractivity contribution < 1.29 is 4.79 Å². The average Bonchev–Trinajstić information content (AvgIpc) is 2.55. The molecule has 2 aliphatic rings. The number of carbonyl (C=O) groups is 1. The second-order valence-electron chi connectivity index (χ2n) is 6.09. The molecule has 0 aromatic carbocycles. The van der Waals surface area contributed by atoms with Gasteiger partial charge in [-0.1, -0.05) is 11.6 Å². The topological polar surface area (TPSA) is 47.9 Å². The standard InChI is InChI=1S/C17H30N4O/c1-3-18-17(19-10-9-16-7-5-4-6-8-16)21-13-11-20(12-14-21)15(2)22/h7H,3-6,8-14H2,1-2H3,(H,18,19). The van der Waals surface area contributed by atoms with Gasteiger partial charge in [-0.05, 0) is 39.0 Å². The molecule has 1 amide bonds. The Morgan fingerprint density at radius 1 is 1.23 bits per heavy atom. The maximum atomic E-state index is 11.4. The van der Waals surface area contributed by atoms with Crippen LogP contribution in [-0.4, -0.2) is 60.9 Å². The molecule has 5 nitrogen and oxygen atoms in total. The lowest BCUT2D eigenvalue weighted by Crippen LogP contribution is -2.53. The van der Waals surface area contributed by atoms with Crippen molar-refractivity contribution in [3.8, 4) is 0 Å². The lowest BCUT2D eigenvalue weighted by Gasteiger charge is -2.36.